The Bertz CT molecular complexity index is 893. The summed E-state index contributed by atoms with van der Waals surface area (Å²) >= 11 is 0. The Morgan fingerprint density at radius 2 is 1.87 bits per heavy atom. The van der Waals surface area contributed by atoms with Crippen LogP contribution in [0.15, 0.2) is 12.8 Å². The summed E-state index contributed by atoms with van der Waals surface area (Å²) in [6, 6.07) is -1.17. The minimum absolute atomic E-state index is 0.0681. The molecule has 2 amide bonds. The highest BCUT2D eigenvalue weighted by Crippen LogP contribution is 2.58. The van der Waals surface area contributed by atoms with E-state index in [0.717, 1.165) is 6.26 Å². The van der Waals surface area contributed by atoms with Crippen LogP contribution in [0.25, 0.3) is 0 Å². The molecule has 31 heavy (non-hydrogen) atoms. The molecule has 1 aliphatic heterocycles. The predicted octanol–water partition coefficient (Wildman–Crippen LogP) is 0.0474. The van der Waals surface area contributed by atoms with Gasteiger partial charge in [-0.05, 0) is 34.6 Å². The number of alkyl carbamates (subject to hydrolysis) is 1. The van der Waals surface area contributed by atoms with Crippen molar-refractivity contribution in [3.8, 4) is 0 Å². The Morgan fingerprint density at radius 1 is 1.26 bits per heavy atom. The number of esters is 2. The third-order valence-electron chi connectivity index (χ3n) is 4.95. The van der Waals surface area contributed by atoms with Crippen molar-refractivity contribution >= 4 is 33.8 Å². The van der Waals surface area contributed by atoms with Crippen LogP contribution in [0.5, 0.6) is 0 Å². The number of rotatable bonds is 7. The smallest absolute Gasteiger partial charge is 0.408 e. The van der Waals surface area contributed by atoms with Gasteiger partial charge in [0.15, 0.2) is 15.4 Å². The van der Waals surface area contributed by atoms with Crippen molar-refractivity contribution in [2.45, 2.75) is 57.1 Å². The molecule has 0 aromatic heterocycles. The molecule has 0 spiro atoms. The monoisotopic (exact) mass is 460 g/mol. The largest absolute Gasteiger partial charge is 0.464 e. The molecule has 0 aromatic rings. The summed E-state index contributed by atoms with van der Waals surface area (Å²) in [6.07, 6.45) is -0.00315. The van der Waals surface area contributed by atoms with Crippen molar-refractivity contribution in [3.63, 3.8) is 0 Å². The number of hydrogen-bond acceptors (Lipinski definition) is 9. The molecule has 174 valence electrons. The first-order valence-corrected chi connectivity index (χ1v) is 11.4. The molecule has 2 aliphatic rings. The second-order valence-electron chi connectivity index (χ2n) is 8.48. The molecular formula is C19H28N2O9S. The molecule has 0 radical (unpaired) electrons. The van der Waals surface area contributed by atoms with Crippen molar-refractivity contribution in [2.24, 2.45) is 11.8 Å². The molecule has 2 rings (SSSR count). The topological polar surface area (TPSA) is 154 Å². The highest BCUT2D eigenvalue weighted by molar-refractivity contribution is 7.92. The zero-order valence-corrected chi connectivity index (χ0v) is 18.9. The van der Waals surface area contributed by atoms with Gasteiger partial charge in [-0.3, -0.25) is 9.59 Å². The zero-order valence-electron chi connectivity index (χ0n) is 18.1. The fraction of sp³-hybridized carbons (Fsp3) is 0.684. The summed E-state index contributed by atoms with van der Waals surface area (Å²) in [6.45, 7) is 11.0. The van der Waals surface area contributed by atoms with Crippen molar-refractivity contribution in [1.29, 1.82) is 0 Å². The van der Waals surface area contributed by atoms with Gasteiger partial charge in [-0.1, -0.05) is 6.58 Å². The second kappa shape index (κ2) is 8.48. The Balaban J connectivity index is 2.28. The quantitative estimate of drug-likeness (QED) is 0.304. The van der Waals surface area contributed by atoms with E-state index in [9.17, 15) is 27.6 Å². The highest BCUT2D eigenvalue weighted by atomic mass is 32.2. The number of sulfone groups is 1. The van der Waals surface area contributed by atoms with E-state index in [2.05, 4.69) is 17.2 Å². The molecule has 1 saturated heterocycles. The molecule has 5 atom stereocenters. The average Bonchev–Trinajstić information content (AvgIpc) is 3.32. The Kier molecular flexibility index (Phi) is 6.74. The fourth-order valence-corrected chi connectivity index (χ4v) is 6.47. The first-order chi connectivity index (χ1) is 14.2. The third-order valence-corrected chi connectivity index (χ3v) is 7.22. The van der Waals surface area contributed by atoms with Crippen LogP contribution in [0.1, 0.15) is 34.6 Å². The SMILES string of the molecule is C=COC(=O)[C@@H]1[C@@H]2[C@H]1S(=O)(=O)C[C@]2(NC(=O)[C@@H](C)NC(=O)OC(C)(C)C)C(=O)OCC. The molecule has 1 saturated carbocycles. The van der Waals surface area contributed by atoms with Crippen LogP contribution in [0, 0.1) is 11.8 Å². The van der Waals surface area contributed by atoms with Crippen LogP contribution in [0.4, 0.5) is 4.79 Å². The van der Waals surface area contributed by atoms with Crippen LogP contribution in [-0.4, -0.2) is 67.1 Å². The molecule has 0 unspecified atom stereocenters. The molecule has 1 aliphatic carbocycles. The number of hydrogen-bond donors (Lipinski definition) is 2. The van der Waals surface area contributed by atoms with Crippen molar-refractivity contribution in [3.05, 3.63) is 12.8 Å². The molecule has 2 fully saturated rings. The number of nitrogens with one attached hydrogen (secondary N) is 2. The van der Waals surface area contributed by atoms with Gasteiger partial charge < -0.3 is 24.8 Å². The van der Waals surface area contributed by atoms with Gasteiger partial charge in [0.1, 0.15) is 11.6 Å². The first-order valence-electron chi connectivity index (χ1n) is 9.72. The Hall–Kier alpha value is -2.63. The third kappa shape index (κ3) is 5.00. The van der Waals surface area contributed by atoms with E-state index in [4.69, 9.17) is 14.2 Å². The van der Waals surface area contributed by atoms with E-state index in [1.807, 2.05) is 0 Å². The molecule has 12 heteroatoms. The van der Waals surface area contributed by atoms with Crippen LogP contribution >= 0.6 is 0 Å². The molecule has 0 bridgehead atoms. The maximum atomic E-state index is 12.8. The lowest BCUT2D eigenvalue weighted by Gasteiger charge is -2.31. The number of carbonyl (C=O) groups is 4. The first kappa shape index (κ1) is 24.6. The van der Waals surface area contributed by atoms with Gasteiger partial charge in [0.25, 0.3) is 0 Å². The summed E-state index contributed by atoms with van der Waals surface area (Å²) in [4.78, 5) is 49.7. The van der Waals surface area contributed by atoms with Gasteiger partial charge in [-0.25, -0.2) is 18.0 Å². The van der Waals surface area contributed by atoms with E-state index in [-0.39, 0.29) is 6.61 Å². The Morgan fingerprint density at radius 3 is 2.39 bits per heavy atom. The van der Waals surface area contributed by atoms with Crippen LogP contribution in [0.2, 0.25) is 0 Å². The minimum Gasteiger partial charge on any atom is -0.464 e. The fourth-order valence-electron chi connectivity index (χ4n) is 3.77. The highest BCUT2D eigenvalue weighted by Gasteiger charge is 2.79. The van der Waals surface area contributed by atoms with Crippen molar-refractivity contribution in [1.82, 2.24) is 10.6 Å². The van der Waals surface area contributed by atoms with E-state index < -0.39 is 73.8 Å². The minimum atomic E-state index is -3.92. The number of ether oxygens (including phenoxy) is 3. The lowest BCUT2D eigenvalue weighted by atomic mass is 9.93. The lowest BCUT2D eigenvalue weighted by Crippen LogP contribution is -2.62. The van der Waals surface area contributed by atoms with Crippen LogP contribution < -0.4 is 10.6 Å². The maximum Gasteiger partial charge on any atom is 0.408 e. The Labute approximate surface area is 180 Å². The van der Waals surface area contributed by atoms with E-state index in [0.29, 0.717) is 0 Å². The van der Waals surface area contributed by atoms with Gasteiger partial charge in [0, 0.05) is 5.92 Å². The summed E-state index contributed by atoms with van der Waals surface area (Å²) in [7, 11) is -3.92. The van der Waals surface area contributed by atoms with Gasteiger partial charge in [-0.2, -0.15) is 0 Å². The van der Waals surface area contributed by atoms with E-state index in [1.165, 1.54) is 13.8 Å². The molecule has 2 N–H and O–H groups in total. The summed E-state index contributed by atoms with van der Waals surface area (Å²) in [5, 5.41) is 3.56. The van der Waals surface area contributed by atoms with Gasteiger partial charge in [0.2, 0.25) is 5.91 Å². The normalized spacial score (nSPS) is 29.0. The van der Waals surface area contributed by atoms with Crippen molar-refractivity contribution in [2.75, 3.05) is 12.4 Å². The molecule has 1 heterocycles. The standard InChI is InChI=1S/C19H28N2O9S/c1-7-28-15(23)11-12-13(11)31(26,27)9-19(12,16(24)29-8-2)21-14(22)10(3)20-17(25)30-18(4,5)6/h7,10-13H,1,8-9H2,2-6H3,(H,20,25)(H,21,22)/t10-,11-,12-,13+,19-/m1/s1. The predicted molar refractivity (Wildman–Crippen MR) is 107 cm³/mol. The molecule has 0 aromatic carbocycles. The molecular weight excluding hydrogens is 432 g/mol. The van der Waals surface area contributed by atoms with Crippen molar-refractivity contribution < 1.29 is 41.8 Å². The number of carbonyl (C=O) groups excluding carboxylic acids is 4. The van der Waals surface area contributed by atoms with Crippen LogP contribution in [-0.2, 0) is 38.4 Å². The summed E-state index contributed by atoms with van der Waals surface area (Å²) in [5.41, 5.74) is -2.78. The lowest BCUT2D eigenvalue weighted by molar-refractivity contribution is -0.154. The number of fused-ring (bicyclic) bond motifs is 1. The number of amides is 2. The second-order valence-corrected chi connectivity index (χ2v) is 10.6. The summed E-state index contributed by atoms with van der Waals surface area (Å²) in [5.74, 6) is -5.60. The maximum absolute atomic E-state index is 12.8. The molecule has 11 nitrogen and oxygen atoms in total. The van der Waals surface area contributed by atoms with E-state index >= 15 is 0 Å². The van der Waals surface area contributed by atoms with Crippen LogP contribution in [0.3, 0.4) is 0 Å². The van der Waals surface area contributed by atoms with Gasteiger partial charge in [0.05, 0.1) is 29.8 Å². The zero-order chi connectivity index (χ0) is 23.8. The van der Waals surface area contributed by atoms with E-state index in [1.54, 1.807) is 20.8 Å². The van der Waals surface area contributed by atoms with Gasteiger partial charge in [-0.15, -0.1) is 0 Å². The van der Waals surface area contributed by atoms with Gasteiger partial charge >= 0.3 is 18.0 Å². The summed E-state index contributed by atoms with van der Waals surface area (Å²) < 4.78 is 40.1. The average molecular weight is 461 g/mol.